The summed E-state index contributed by atoms with van der Waals surface area (Å²) < 4.78 is 10.7. The summed E-state index contributed by atoms with van der Waals surface area (Å²) in [5, 5.41) is 8.81. The minimum atomic E-state index is 0.147. The number of amides is 1. The fourth-order valence-electron chi connectivity index (χ4n) is 3.77. The van der Waals surface area contributed by atoms with Gasteiger partial charge in [0, 0.05) is 31.7 Å². The molecule has 7 heteroatoms. The smallest absolute Gasteiger partial charge is 0.227 e. The summed E-state index contributed by atoms with van der Waals surface area (Å²) >= 11 is 0. The van der Waals surface area contributed by atoms with Gasteiger partial charge in [-0.2, -0.15) is 0 Å². The van der Waals surface area contributed by atoms with E-state index in [-0.39, 0.29) is 5.91 Å². The Morgan fingerprint density at radius 2 is 1.72 bits per heavy atom. The number of rotatable bonds is 7. The number of benzene rings is 2. The quantitative estimate of drug-likeness (QED) is 0.570. The lowest BCUT2D eigenvalue weighted by Gasteiger charge is -2.35. The van der Waals surface area contributed by atoms with Gasteiger partial charge in [0.25, 0.3) is 0 Å². The van der Waals surface area contributed by atoms with Gasteiger partial charge in [-0.15, -0.1) is 10.2 Å². The molecule has 0 bridgehead atoms. The number of carbonyl (C=O) groups is 1. The second-order valence-electron chi connectivity index (χ2n) is 7.63. The molecule has 2 aromatic carbocycles. The number of ether oxygens (including phenoxy) is 2. The standard InChI is InChI=1S/C25H28N4O3/c1-3-32-21-9-7-19(8-10-21)17-25(30)29-15-13-28(14-16-29)24-12-11-23(26-27-24)20-5-4-6-22(18-20)31-2/h4-12,18H,3,13-17H2,1-2H3. The van der Waals surface area contributed by atoms with Gasteiger partial charge in [0.15, 0.2) is 5.82 Å². The molecule has 0 saturated carbocycles. The predicted octanol–water partition coefficient (Wildman–Crippen LogP) is 3.44. The first-order chi connectivity index (χ1) is 15.7. The Morgan fingerprint density at radius 3 is 2.38 bits per heavy atom. The molecule has 1 aliphatic rings. The van der Waals surface area contributed by atoms with E-state index in [2.05, 4.69) is 15.1 Å². The second-order valence-corrected chi connectivity index (χ2v) is 7.63. The first-order valence-electron chi connectivity index (χ1n) is 10.9. The monoisotopic (exact) mass is 432 g/mol. The van der Waals surface area contributed by atoms with Gasteiger partial charge in [0.1, 0.15) is 11.5 Å². The Kier molecular flexibility index (Phi) is 6.84. The second kappa shape index (κ2) is 10.1. The molecular formula is C25H28N4O3. The molecule has 7 nitrogen and oxygen atoms in total. The lowest BCUT2D eigenvalue weighted by Crippen LogP contribution is -2.49. The fraction of sp³-hybridized carbons (Fsp3) is 0.320. The third-order valence-corrected chi connectivity index (χ3v) is 5.56. The number of nitrogens with zero attached hydrogens (tertiary/aromatic N) is 4. The molecule has 1 amide bonds. The SMILES string of the molecule is CCOc1ccc(CC(=O)N2CCN(c3ccc(-c4cccc(OC)c4)nn3)CC2)cc1. The van der Waals surface area contributed by atoms with Crippen molar-refractivity contribution in [3.63, 3.8) is 0 Å². The molecule has 3 aromatic rings. The van der Waals surface area contributed by atoms with Crippen LogP contribution < -0.4 is 14.4 Å². The highest BCUT2D eigenvalue weighted by Crippen LogP contribution is 2.23. The summed E-state index contributed by atoms with van der Waals surface area (Å²) in [7, 11) is 1.65. The zero-order valence-electron chi connectivity index (χ0n) is 18.5. The number of hydrogen-bond acceptors (Lipinski definition) is 6. The van der Waals surface area contributed by atoms with E-state index < -0.39 is 0 Å². The molecule has 166 valence electrons. The average Bonchev–Trinajstić information content (AvgIpc) is 2.85. The predicted molar refractivity (Wildman–Crippen MR) is 124 cm³/mol. The highest BCUT2D eigenvalue weighted by molar-refractivity contribution is 5.79. The van der Waals surface area contributed by atoms with Gasteiger partial charge in [-0.1, -0.05) is 24.3 Å². The van der Waals surface area contributed by atoms with Gasteiger partial charge in [0.2, 0.25) is 5.91 Å². The first kappa shape index (κ1) is 21.6. The van der Waals surface area contributed by atoms with Crippen LogP contribution in [0.2, 0.25) is 0 Å². The number of piperazine rings is 1. The number of methoxy groups -OCH3 is 1. The molecule has 0 radical (unpaired) electrons. The van der Waals surface area contributed by atoms with E-state index in [4.69, 9.17) is 9.47 Å². The lowest BCUT2D eigenvalue weighted by molar-refractivity contribution is -0.130. The number of carbonyl (C=O) groups excluding carboxylic acids is 1. The average molecular weight is 433 g/mol. The Hall–Kier alpha value is -3.61. The van der Waals surface area contributed by atoms with Crippen LogP contribution in [0.4, 0.5) is 5.82 Å². The van der Waals surface area contributed by atoms with Crippen molar-refractivity contribution >= 4 is 11.7 Å². The van der Waals surface area contributed by atoms with Crippen LogP contribution in [0.15, 0.2) is 60.7 Å². The maximum absolute atomic E-state index is 12.7. The van der Waals surface area contributed by atoms with Crippen molar-refractivity contribution in [2.75, 3.05) is 44.8 Å². The van der Waals surface area contributed by atoms with Crippen molar-refractivity contribution in [2.45, 2.75) is 13.3 Å². The van der Waals surface area contributed by atoms with E-state index in [1.165, 1.54) is 0 Å². The Bertz CT molecular complexity index is 1030. The lowest BCUT2D eigenvalue weighted by atomic mass is 10.1. The number of anilines is 1. The summed E-state index contributed by atoms with van der Waals surface area (Å²) in [6.45, 7) is 5.42. The summed E-state index contributed by atoms with van der Waals surface area (Å²) in [6, 6.07) is 19.5. The third kappa shape index (κ3) is 5.17. The van der Waals surface area contributed by atoms with Crippen LogP contribution in [-0.4, -0.2) is 60.9 Å². The highest BCUT2D eigenvalue weighted by Gasteiger charge is 2.22. The van der Waals surface area contributed by atoms with Crippen molar-refractivity contribution in [2.24, 2.45) is 0 Å². The molecule has 2 heterocycles. The van der Waals surface area contributed by atoms with Crippen LogP contribution in [0.1, 0.15) is 12.5 Å². The number of hydrogen-bond donors (Lipinski definition) is 0. The highest BCUT2D eigenvalue weighted by atomic mass is 16.5. The molecule has 0 unspecified atom stereocenters. The van der Waals surface area contributed by atoms with Crippen LogP contribution in [0, 0.1) is 0 Å². The van der Waals surface area contributed by atoms with Crippen LogP contribution in [0.3, 0.4) is 0 Å². The zero-order valence-corrected chi connectivity index (χ0v) is 18.5. The molecule has 0 spiro atoms. The van der Waals surface area contributed by atoms with E-state index in [9.17, 15) is 4.79 Å². The topological polar surface area (TPSA) is 67.8 Å². The maximum atomic E-state index is 12.7. The van der Waals surface area contributed by atoms with Crippen LogP contribution in [0.5, 0.6) is 11.5 Å². The van der Waals surface area contributed by atoms with Crippen molar-refractivity contribution in [1.29, 1.82) is 0 Å². The molecule has 0 aliphatic carbocycles. The normalized spacial score (nSPS) is 13.7. The van der Waals surface area contributed by atoms with Gasteiger partial charge in [-0.25, -0.2) is 0 Å². The van der Waals surface area contributed by atoms with Gasteiger partial charge >= 0.3 is 0 Å². The Morgan fingerprint density at radius 1 is 0.938 bits per heavy atom. The molecule has 32 heavy (non-hydrogen) atoms. The van der Waals surface area contributed by atoms with E-state index in [1.54, 1.807) is 7.11 Å². The fourth-order valence-corrected chi connectivity index (χ4v) is 3.77. The Balaban J connectivity index is 1.31. The van der Waals surface area contributed by atoms with E-state index in [0.29, 0.717) is 26.1 Å². The maximum Gasteiger partial charge on any atom is 0.227 e. The summed E-state index contributed by atoms with van der Waals surface area (Å²) in [5.74, 6) is 2.60. The largest absolute Gasteiger partial charge is 0.497 e. The zero-order chi connectivity index (χ0) is 22.3. The summed E-state index contributed by atoms with van der Waals surface area (Å²) in [5.41, 5.74) is 2.77. The van der Waals surface area contributed by atoms with E-state index in [1.807, 2.05) is 72.5 Å². The molecule has 1 saturated heterocycles. The molecule has 0 N–H and O–H groups in total. The minimum Gasteiger partial charge on any atom is -0.497 e. The van der Waals surface area contributed by atoms with E-state index in [0.717, 1.165) is 47.2 Å². The molecule has 1 fully saturated rings. The minimum absolute atomic E-state index is 0.147. The van der Waals surface area contributed by atoms with Crippen molar-refractivity contribution in [3.8, 4) is 22.8 Å². The Labute approximate surface area is 188 Å². The van der Waals surface area contributed by atoms with Crippen LogP contribution in [-0.2, 0) is 11.2 Å². The van der Waals surface area contributed by atoms with E-state index >= 15 is 0 Å². The molecule has 0 atom stereocenters. The van der Waals surface area contributed by atoms with Crippen LogP contribution >= 0.6 is 0 Å². The first-order valence-corrected chi connectivity index (χ1v) is 10.9. The molecule has 4 rings (SSSR count). The van der Waals surface area contributed by atoms with Crippen molar-refractivity contribution < 1.29 is 14.3 Å². The van der Waals surface area contributed by atoms with Gasteiger partial charge < -0.3 is 19.3 Å². The van der Waals surface area contributed by atoms with Gasteiger partial charge in [-0.3, -0.25) is 4.79 Å². The van der Waals surface area contributed by atoms with Gasteiger partial charge in [-0.05, 0) is 48.9 Å². The molecule has 1 aliphatic heterocycles. The van der Waals surface area contributed by atoms with Crippen molar-refractivity contribution in [3.05, 3.63) is 66.2 Å². The molecule has 1 aromatic heterocycles. The van der Waals surface area contributed by atoms with Crippen LogP contribution in [0.25, 0.3) is 11.3 Å². The van der Waals surface area contributed by atoms with Crippen molar-refractivity contribution in [1.82, 2.24) is 15.1 Å². The summed E-state index contributed by atoms with van der Waals surface area (Å²) in [4.78, 5) is 16.8. The number of aromatic nitrogens is 2. The van der Waals surface area contributed by atoms with Gasteiger partial charge in [0.05, 0.1) is 25.8 Å². The third-order valence-electron chi connectivity index (χ3n) is 5.56. The summed E-state index contributed by atoms with van der Waals surface area (Å²) in [6.07, 6.45) is 0.404. The molecular weight excluding hydrogens is 404 g/mol.